The Morgan fingerprint density at radius 2 is 2.15 bits per heavy atom. The van der Waals surface area contributed by atoms with Gasteiger partial charge in [-0.2, -0.15) is 4.91 Å². The van der Waals surface area contributed by atoms with E-state index >= 15 is 0 Å². The van der Waals surface area contributed by atoms with Crippen molar-refractivity contribution in [1.82, 2.24) is 0 Å². The molecule has 0 aliphatic heterocycles. The van der Waals surface area contributed by atoms with E-state index in [9.17, 15) is 4.91 Å². The molecular weight excluding hydrogens is 162 g/mol. The van der Waals surface area contributed by atoms with Gasteiger partial charge in [0.1, 0.15) is 6.04 Å². The van der Waals surface area contributed by atoms with E-state index in [-0.39, 0.29) is 6.04 Å². The van der Waals surface area contributed by atoms with Crippen molar-refractivity contribution in [3.63, 3.8) is 0 Å². The van der Waals surface area contributed by atoms with Crippen LogP contribution in [0.2, 0.25) is 0 Å². The van der Waals surface area contributed by atoms with Crippen LogP contribution in [0.15, 0.2) is 29.4 Å². The summed E-state index contributed by atoms with van der Waals surface area (Å²) in [7, 11) is 0. The van der Waals surface area contributed by atoms with Gasteiger partial charge in [0.05, 0.1) is 0 Å². The maximum absolute atomic E-state index is 10.7. The fourth-order valence-electron chi connectivity index (χ4n) is 2.06. The molecule has 0 amide bonds. The van der Waals surface area contributed by atoms with Gasteiger partial charge in [-0.3, -0.25) is 0 Å². The van der Waals surface area contributed by atoms with Crippen LogP contribution in [0.3, 0.4) is 0 Å². The van der Waals surface area contributed by atoms with Crippen molar-refractivity contribution in [1.29, 1.82) is 0 Å². The fraction of sp³-hybridized carbons (Fsp3) is 0.455. The highest BCUT2D eigenvalue weighted by atomic mass is 16.3. The highest BCUT2D eigenvalue weighted by molar-refractivity contribution is 5.32. The molecule has 2 atom stereocenters. The van der Waals surface area contributed by atoms with Gasteiger partial charge in [0.25, 0.3) is 0 Å². The van der Waals surface area contributed by atoms with Gasteiger partial charge in [0.15, 0.2) is 0 Å². The Morgan fingerprint density at radius 1 is 1.38 bits per heavy atom. The van der Waals surface area contributed by atoms with Crippen molar-refractivity contribution in [3.05, 3.63) is 40.3 Å². The summed E-state index contributed by atoms with van der Waals surface area (Å²) in [5.41, 5.74) is 2.43. The highest BCUT2D eigenvalue weighted by Crippen LogP contribution is 2.36. The van der Waals surface area contributed by atoms with Crippen LogP contribution in [0.25, 0.3) is 0 Å². The number of nitroso groups, excluding NO2 is 1. The van der Waals surface area contributed by atoms with Gasteiger partial charge in [-0.15, -0.1) is 0 Å². The molecule has 2 unspecified atom stereocenters. The quantitative estimate of drug-likeness (QED) is 0.603. The zero-order chi connectivity index (χ0) is 9.26. The second-order valence-corrected chi connectivity index (χ2v) is 3.77. The van der Waals surface area contributed by atoms with Crippen LogP contribution >= 0.6 is 0 Å². The van der Waals surface area contributed by atoms with Crippen molar-refractivity contribution >= 4 is 0 Å². The lowest BCUT2D eigenvalue weighted by molar-refractivity contribution is 0.412. The smallest absolute Gasteiger partial charge is 0.120 e. The fourth-order valence-corrected chi connectivity index (χ4v) is 2.06. The van der Waals surface area contributed by atoms with Crippen LogP contribution in [0, 0.1) is 10.8 Å². The van der Waals surface area contributed by atoms with Crippen molar-refractivity contribution in [2.75, 3.05) is 0 Å². The summed E-state index contributed by atoms with van der Waals surface area (Å²) < 4.78 is 0. The standard InChI is InChI=1S/C11H13NO/c1-8-6-7-9-4-2-3-5-10(9)11(8)12-13/h2-5,8,11H,6-7H2,1H3. The van der Waals surface area contributed by atoms with E-state index in [4.69, 9.17) is 0 Å². The molecule has 68 valence electrons. The molecule has 1 aromatic carbocycles. The second-order valence-electron chi connectivity index (χ2n) is 3.77. The van der Waals surface area contributed by atoms with Crippen LogP contribution in [-0.4, -0.2) is 0 Å². The minimum Gasteiger partial charge on any atom is -0.150 e. The molecule has 13 heavy (non-hydrogen) atoms. The maximum atomic E-state index is 10.7. The SMILES string of the molecule is CC1CCc2ccccc2C1N=O. The Bertz CT molecular complexity index is 322. The molecular formula is C11H13NO. The van der Waals surface area contributed by atoms with Gasteiger partial charge in [0.2, 0.25) is 0 Å². The minimum atomic E-state index is -0.120. The summed E-state index contributed by atoms with van der Waals surface area (Å²) >= 11 is 0. The molecule has 0 fully saturated rings. The van der Waals surface area contributed by atoms with Gasteiger partial charge >= 0.3 is 0 Å². The van der Waals surface area contributed by atoms with Gasteiger partial charge in [-0.25, -0.2) is 0 Å². The van der Waals surface area contributed by atoms with E-state index in [2.05, 4.69) is 18.2 Å². The zero-order valence-corrected chi connectivity index (χ0v) is 7.73. The first-order valence-electron chi connectivity index (χ1n) is 4.73. The molecule has 2 nitrogen and oxygen atoms in total. The lowest BCUT2D eigenvalue weighted by Crippen LogP contribution is -2.16. The van der Waals surface area contributed by atoms with Crippen LogP contribution in [0.1, 0.15) is 30.5 Å². The third kappa shape index (κ3) is 1.37. The summed E-state index contributed by atoms with van der Waals surface area (Å²) in [6, 6.07) is 8.01. The Hall–Kier alpha value is -1.18. The molecule has 1 aliphatic rings. The number of hydrogen-bond acceptors (Lipinski definition) is 2. The maximum Gasteiger partial charge on any atom is 0.120 e. The predicted molar refractivity (Wildman–Crippen MR) is 52.5 cm³/mol. The summed E-state index contributed by atoms with van der Waals surface area (Å²) in [5, 5.41) is 3.22. The van der Waals surface area contributed by atoms with E-state index in [1.54, 1.807) is 0 Å². The number of rotatable bonds is 1. The summed E-state index contributed by atoms with van der Waals surface area (Å²) in [4.78, 5) is 10.7. The molecule has 0 spiro atoms. The third-order valence-corrected chi connectivity index (χ3v) is 2.90. The topological polar surface area (TPSA) is 29.4 Å². The lowest BCUT2D eigenvalue weighted by Gasteiger charge is -2.25. The molecule has 0 saturated carbocycles. The van der Waals surface area contributed by atoms with Crippen LogP contribution in [-0.2, 0) is 6.42 Å². The van der Waals surface area contributed by atoms with E-state index < -0.39 is 0 Å². The average molecular weight is 175 g/mol. The predicted octanol–water partition coefficient (Wildman–Crippen LogP) is 3.08. The second kappa shape index (κ2) is 3.29. The Kier molecular flexibility index (Phi) is 2.13. The van der Waals surface area contributed by atoms with Gasteiger partial charge in [0, 0.05) is 0 Å². The molecule has 1 aliphatic carbocycles. The first-order valence-corrected chi connectivity index (χ1v) is 4.73. The number of aryl methyl sites for hydroxylation is 1. The number of fused-ring (bicyclic) bond motifs is 1. The average Bonchev–Trinajstić information content (AvgIpc) is 2.18. The monoisotopic (exact) mass is 175 g/mol. The number of hydrogen-bond donors (Lipinski definition) is 0. The molecule has 0 heterocycles. The largest absolute Gasteiger partial charge is 0.150 e. The van der Waals surface area contributed by atoms with E-state index in [0.717, 1.165) is 18.4 Å². The highest BCUT2D eigenvalue weighted by Gasteiger charge is 2.26. The van der Waals surface area contributed by atoms with Crippen LogP contribution in [0.5, 0.6) is 0 Å². The van der Waals surface area contributed by atoms with Crippen LogP contribution in [0.4, 0.5) is 0 Å². The molecule has 0 bridgehead atoms. The third-order valence-electron chi connectivity index (χ3n) is 2.90. The normalized spacial score (nSPS) is 26.5. The summed E-state index contributed by atoms with van der Waals surface area (Å²) in [6.07, 6.45) is 2.16. The molecule has 0 N–H and O–H groups in total. The van der Waals surface area contributed by atoms with Gasteiger partial charge in [-0.05, 0) is 29.9 Å². The number of nitrogens with zero attached hydrogens (tertiary/aromatic N) is 1. The van der Waals surface area contributed by atoms with Gasteiger partial charge in [-0.1, -0.05) is 36.4 Å². The molecule has 0 saturated heterocycles. The first kappa shape index (κ1) is 8.42. The molecule has 0 radical (unpaired) electrons. The Morgan fingerprint density at radius 3 is 2.92 bits per heavy atom. The van der Waals surface area contributed by atoms with Gasteiger partial charge < -0.3 is 0 Å². The first-order chi connectivity index (χ1) is 6.33. The Balaban J connectivity index is 2.45. The lowest BCUT2D eigenvalue weighted by atomic mass is 9.81. The van der Waals surface area contributed by atoms with Crippen molar-refractivity contribution < 1.29 is 0 Å². The summed E-state index contributed by atoms with van der Waals surface area (Å²) in [6.45, 7) is 2.10. The van der Waals surface area contributed by atoms with Crippen LogP contribution < -0.4 is 0 Å². The summed E-state index contributed by atoms with van der Waals surface area (Å²) in [5.74, 6) is 0.396. The minimum absolute atomic E-state index is 0.120. The van der Waals surface area contributed by atoms with Crippen molar-refractivity contribution in [2.45, 2.75) is 25.8 Å². The van der Waals surface area contributed by atoms with Crippen molar-refractivity contribution in [3.8, 4) is 0 Å². The molecule has 2 heteroatoms. The number of benzene rings is 1. The Labute approximate surface area is 77.9 Å². The van der Waals surface area contributed by atoms with Crippen molar-refractivity contribution in [2.24, 2.45) is 11.1 Å². The van der Waals surface area contributed by atoms with E-state index in [1.807, 2.05) is 18.2 Å². The molecule has 0 aromatic heterocycles. The molecule has 2 rings (SSSR count). The molecule has 1 aromatic rings. The van der Waals surface area contributed by atoms with E-state index in [0.29, 0.717) is 5.92 Å². The van der Waals surface area contributed by atoms with E-state index in [1.165, 1.54) is 5.56 Å². The zero-order valence-electron chi connectivity index (χ0n) is 7.73.